The smallest absolute Gasteiger partial charge is 0.257 e. The molecule has 0 saturated heterocycles. The highest BCUT2D eigenvalue weighted by molar-refractivity contribution is 7.89. The minimum Gasteiger partial charge on any atom is -0.328 e. The predicted molar refractivity (Wildman–Crippen MR) is 61.3 cm³/mol. The van der Waals surface area contributed by atoms with Gasteiger partial charge in [-0.25, -0.2) is 13.1 Å². The zero-order valence-corrected chi connectivity index (χ0v) is 10.4. The minimum absolute atomic E-state index is 0.0363. The van der Waals surface area contributed by atoms with Crippen LogP contribution in [0.15, 0.2) is 17.3 Å². The maximum absolute atomic E-state index is 11.8. The maximum atomic E-state index is 11.8. The molecule has 0 saturated carbocycles. The van der Waals surface area contributed by atoms with Gasteiger partial charge in [-0.2, -0.15) is 5.10 Å². The van der Waals surface area contributed by atoms with E-state index < -0.39 is 10.0 Å². The van der Waals surface area contributed by atoms with Crippen molar-refractivity contribution in [2.75, 3.05) is 6.54 Å². The van der Waals surface area contributed by atoms with Crippen LogP contribution >= 0.6 is 0 Å². The average Bonchev–Trinajstić information content (AvgIpc) is 2.64. The fraction of sp³-hybridized carbons (Fsp3) is 0.667. The first-order chi connectivity index (χ1) is 7.47. The number of nitrogens with two attached hydrogens (primary N) is 1. The van der Waals surface area contributed by atoms with Gasteiger partial charge >= 0.3 is 0 Å². The lowest BCUT2D eigenvalue weighted by molar-refractivity contribution is 0.546. The van der Waals surface area contributed by atoms with Crippen molar-refractivity contribution in [1.29, 1.82) is 0 Å². The molecule has 0 amide bonds. The second-order valence-electron chi connectivity index (χ2n) is 3.65. The van der Waals surface area contributed by atoms with Crippen molar-refractivity contribution in [1.82, 2.24) is 14.5 Å². The summed E-state index contributed by atoms with van der Waals surface area (Å²) < 4.78 is 27.4. The van der Waals surface area contributed by atoms with Crippen LogP contribution in [0.3, 0.4) is 0 Å². The van der Waals surface area contributed by atoms with Crippen LogP contribution in [0.4, 0.5) is 0 Å². The van der Waals surface area contributed by atoms with Crippen molar-refractivity contribution in [3.05, 3.63) is 12.3 Å². The van der Waals surface area contributed by atoms with Gasteiger partial charge in [-0.05, 0) is 18.9 Å². The molecular formula is C9H18N4O2S. The molecule has 1 atom stereocenters. The highest BCUT2D eigenvalue weighted by Gasteiger charge is 2.17. The number of aromatic nitrogens is 2. The molecule has 1 unspecified atom stereocenters. The van der Waals surface area contributed by atoms with Crippen LogP contribution < -0.4 is 10.5 Å². The largest absolute Gasteiger partial charge is 0.328 e. The van der Waals surface area contributed by atoms with Gasteiger partial charge < -0.3 is 5.73 Å². The van der Waals surface area contributed by atoms with Gasteiger partial charge in [0.1, 0.15) is 0 Å². The summed E-state index contributed by atoms with van der Waals surface area (Å²) in [6.07, 6.45) is 2.92. The van der Waals surface area contributed by atoms with Crippen LogP contribution in [0.5, 0.6) is 0 Å². The Hall–Kier alpha value is -0.920. The zero-order valence-electron chi connectivity index (χ0n) is 9.55. The van der Waals surface area contributed by atoms with E-state index in [0.717, 1.165) is 6.42 Å². The minimum atomic E-state index is -3.46. The molecule has 0 aliphatic rings. The Morgan fingerprint density at radius 3 is 2.81 bits per heavy atom. The van der Waals surface area contributed by atoms with Gasteiger partial charge in [0.15, 0.2) is 5.03 Å². The summed E-state index contributed by atoms with van der Waals surface area (Å²) >= 11 is 0. The molecule has 0 spiro atoms. The normalized spacial score (nSPS) is 13.9. The molecule has 0 radical (unpaired) electrons. The maximum Gasteiger partial charge on any atom is 0.257 e. The Balaban J connectivity index is 2.57. The van der Waals surface area contributed by atoms with E-state index in [0.29, 0.717) is 13.0 Å². The van der Waals surface area contributed by atoms with Gasteiger partial charge in [0, 0.05) is 19.6 Å². The van der Waals surface area contributed by atoms with E-state index in [1.54, 1.807) is 7.05 Å². The van der Waals surface area contributed by atoms with Crippen LogP contribution in [0.2, 0.25) is 0 Å². The third-order valence-electron chi connectivity index (χ3n) is 2.38. The molecule has 7 heteroatoms. The molecule has 3 N–H and O–H groups in total. The molecule has 92 valence electrons. The van der Waals surface area contributed by atoms with Crippen LogP contribution in [-0.4, -0.2) is 30.8 Å². The van der Waals surface area contributed by atoms with Gasteiger partial charge in [0.25, 0.3) is 10.0 Å². The first-order valence-corrected chi connectivity index (χ1v) is 6.69. The second kappa shape index (κ2) is 5.42. The molecule has 1 aromatic rings. The molecule has 1 aromatic heterocycles. The summed E-state index contributed by atoms with van der Waals surface area (Å²) in [5.41, 5.74) is 5.70. The quantitative estimate of drug-likeness (QED) is 0.729. The van der Waals surface area contributed by atoms with Crippen LogP contribution in [-0.2, 0) is 17.1 Å². The lowest BCUT2D eigenvalue weighted by atomic mass is 10.2. The van der Waals surface area contributed by atoms with Gasteiger partial charge in [-0.3, -0.25) is 4.68 Å². The van der Waals surface area contributed by atoms with E-state index in [1.165, 1.54) is 16.9 Å². The Morgan fingerprint density at radius 1 is 1.62 bits per heavy atom. The van der Waals surface area contributed by atoms with Crippen molar-refractivity contribution in [2.24, 2.45) is 12.8 Å². The summed E-state index contributed by atoms with van der Waals surface area (Å²) in [5, 5.41) is 3.98. The third kappa shape index (κ3) is 3.29. The zero-order chi connectivity index (χ0) is 12.2. The van der Waals surface area contributed by atoms with E-state index in [-0.39, 0.29) is 11.1 Å². The molecule has 1 heterocycles. The SMILES string of the molecule is CCC(N)CCNS(=O)(=O)c1ccnn1C. The Morgan fingerprint density at radius 2 is 2.31 bits per heavy atom. The second-order valence-corrected chi connectivity index (χ2v) is 5.36. The van der Waals surface area contributed by atoms with Crippen LogP contribution in [0.25, 0.3) is 0 Å². The van der Waals surface area contributed by atoms with Gasteiger partial charge in [0.2, 0.25) is 0 Å². The number of hydrogen-bond acceptors (Lipinski definition) is 4. The first-order valence-electron chi connectivity index (χ1n) is 5.20. The molecule has 1 rings (SSSR count). The molecular weight excluding hydrogens is 228 g/mol. The number of sulfonamides is 1. The summed E-state index contributed by atoms with van der Waals surface area (Å²) in [5.74, 6) is 0. The number of nitrogens with zero attached hydrogens (tertiary/aromatic N) is 2. The molecule has 0 aliphatic heterocycles. The van der Waals surface area contributed by atoms with Crippen molar-refractivity contribution < 1.29 is 8.42 Å². The summed E-state index contributed by atoms with van der Waals surface area (Å²) in [6, 6.07) is 1.50. The molecule has 0 bridgehead atoms. The molecule has 6 nitrogen and oxygen atoms in total. The average molecular weight is 246 g/mol. The Labute approximate surface area is 95.9 Å². The van der Waals surface area contributed by atoms with Crippen molar-refractivity contribution in [2.45, 2.75) is 30.8 Å². The highest BCUT2D eigenvalue weighted by atomic mass is 32.2. The van der Waals surface area contributed by atoms with Gasteiger partial charge in [-0.15, -0.1) is 0 Å². The molecule has 0 aliphatic carbocycles. The predicted octanol–water partition coefficient (Wildman–Crippen LogP) is -0.174. The standard InChI is InChI=1S/C9H18N4O2S/c1-3-8(10)4-7-12-16(14,15)9-5-6-11-13(9)2/h5-6,8,12H,3-4,7,10H2,1-2H3. The molecule has 0 fully saturated rings. The lowest BCUT2D eigenvalue weighted by Gasteiger charge is -2.10. The summed E-state index contributed by atoms with van der Waals surface area (Å²) in [6.45, 7) is 2.32. The fourth-order valence-electron chi connectivity index (χ4n) is 1.28. The Kier molecular flexibility index (Phi) is 4.45. The number of rotatable bonds is 6. The van der Waals surface area contributed by atoms with Gasteiger partial charge in [0.05, 0.1) is 6.20 Å². The summed E-state index contributed by atoms with van der Waals surface area (Å²) in [7, 11) is -1.87. The van der Waals surface area contributed by atoms with E-state index in [2.05, 4.69) is 9.82 Å². The summed E-state index contributed by atoms with van der Waals surface area (Å²) in [4.78, 5) is 0. The highest BCUT2D eigenvalue weighted by Crippen LogP contribution is 2.05. The monoisotopic (exact) mass is 246 g/mol. The van der Waals surface area contributed by atoms with Crippen LogP contribution in [0, 0.1) is 0 Å². The molecule has 0 aromatic carbocycles. The fourth-order valence-corrected chi connectivity index (χ4v) is 2.45. The first kappa shape index (κ1) is 13.1. The number of aryl methyl sites for hydroxylation is 1. The molecule has 16 heavy (non-hydrogen) atoms. The van der Waals surface area contributed by atoms with Crippen LogP contribution in [0.1, 0.15) is 19.8 Å². The third-order valence-corrected chi connectivity index (χ3v) is 3.92. The van der Waals surface area contributed by atoms with Crippen molar-refractivity contribution in [3.8, 4) is 0 Å². The number of nitrogens with one attached hydrogen (secondary N) is 1. The number of hydrogen-bond donors (Lipinski definition) is 2. The van der Waals surface area contributed by atoms with Gasteiger partial charge in [-0.1, -0.05) is 6.92 Å². The van der Waals surface area contributed by atoms with E-state index in [9.17, 15) is 8.42 Å². The van der Waals surface area contributed by atoms with E-state index in [1.807, 2.05) is 6.92 Å². The van der Waals surface area contributed by atoms with Crippen molar-refractivity contribution in [3.63, 3.8) is 0 Å². The lowest BCUT2D eigenvalue weighted by Crippen LogP contribution is -2.31. The van der Waals surface area contributed by atoms with E-state index in [4.69, 9.17) is 5.73 Å². The Bertz CT molecular complexity index is 426. The van der Waals surface area contributed by atoms with Crippen molar-refractivity contribution >= 4 is 10.0 Å². The van der Waals surface area contributed by atoms with E-state index >= 15 is 0 Å². The topological polar surface area (TPSA) is 90.0 Å².